The lowest BCUT2D eigenvalue weighted by atomic mass is 10.0. The lowest BCUT2D eigenvalue weighted by molar-refractivity contribution is 0.0907. The summed E-state index contributed by atoms with van der Waals surface area (Å²) in [4.78, 5) is 16.3. The van der Waals surface area contributed by atoms with E-state index < -0.39 is 0 Å². The summed E-state index contributed by atoms with van der Waals surface area (Å²) in [7, 11) is 0. The molecule has 0 saturated carbocycles. The van der Waals surface area contributed by atoms with Crippen molar-refractivity contribution >= 4 is 17.5 Å². The van der Waals surface area contributed by atoms with Gasteiger partial charge in [0, 0.05) is 5.69 Å². The molecule has 106 valence electrons. The fourth-order valence-electron chi connectivity index (χ4n) is 2.07. The number of carbonyl (C=O) groups is 1. The molecule has 1 heterocycles. The second-order valence-electron chi connectivity index (χ2n) is 5.23. The van der Waals surface area contributed by atoms with Gasteiger partial charge in [0.2, 0.25) is 0 Å². The zero-order valence-corrected chi connectivity index (χ0v) is 12.6. The first-order valence-electron chi connectivity index (χ1n) is 6.40. The third-order valence-electron chi connectivity index (χ3n) is 2.84. The lowest BCUT2D eigenvalue weighted by Gasteiger charge is -2.19. The number of carbonyl (C=O) groups excluding carboxylic acids is 1. The number of amides is 1. The minimum atomic E-state index is -0.283. The number of hydrogen-bond donors (Lipinski definition) is 2. The van der Waals surface area contributed by atoms with E-state index in [0.29, 0.717) is 11.5 Å². The van der Waals surface area contributed by atoms with E-state index in [1.54, 1.807) is 0 Å². The summed E-state index contributed by atoms with van der Waals surface area (Å²) in [6.07, 6.45) is 0.720. The molecule has 0 fully saturated rings. The van der Waals surface area contributed by atoms with E-state index in [9.17, 15) is 9.90 Å². The zero-order valence-electron chi connectivity index (χ0n) is 11.8. The van der Waals surface area contributed by atoms with Crippen LogP contribution in [0.5, 0.6) is 0 Å². The quantitative estimate of drug-likeness (QED) is 0.817. The normalized spacial score (nSPS) is 12.6. The van der Waals surface area contributed by atoms with Crippen LogP contribution in [0.1, 0.15) is 41.9 Å². The van der Waals surface area contributed by atoms with Crippen LogP contribution in [0, 0.1) is 19.8 Å². The highest BCUT2D eigenvalue weighted by Crippen LogP contribution is 2.19. The van der Waals surface area contributed by atoms with E-state index in [1.807, 2.05) is 33.8 Å². The van der Waals surface area contributed by atoms with E-state index in [4.69, 9.17) is 11.6 Å². The first-order chi connectivity index (χ1) is 8.85. The Balaban J connectivity index is 2.89. The van der Waals surface area contributed by atoms with Gasteiger partial charge in [-0.15, -0.1) is 0 Å². The molecule has 0 bridgehead atoms. The number of nitrogens with zero attached hydrogens (tertiary/aromatic N) is 1. The van der Waals surface area contributed by atoms with Gasteiger partial charge in [0.05, 0.1) is 18.2 Å². The van der Waals surface area contributed by atoms with Gasteiger partial charge in [0.25, 0.3) is 5.91 Å². The predicted molar refractivity (Wildman–Crippen MR) is 76.5 cm³/mol. The summed E-state index contributed by atoms with van der Waals surface area (Å²) in [6.45, 7) is 7.66. The van der Waals surface area contributed by atoms with Crippen molar-refractivity contribution in [1.29, 1.82) is 0 Å². The first kappa shape index (κ1) is 15.9. The van der Waals surface area contributed by atoms with Crippen LogP contribution in [0.3, 0.4) is 0 Å². The lowest BCUT2D eigenvalue weighted by Crippen LogP contribution is -2.39. The molecule has 0 spiro atoms. The molecule has 0 saturated heterocycles. The predicted octanol–water partition coefficient (Wildman–Crippen LogP) is 2.49. The molecule has 2 N–H and O–H groups in total. The summed E-state index contributed by atoms with van der Waals surface area (Å²) < 4.78 is 0. The zero-order chi connectivity index (χ0) is 14.6. The maximum atomic E-state index is 12.2. The summed E-state index contributed by atoms with van der Waals surface area (Å²) in [5.41, 5.74) is 1.95. The minimum Gasteiger partial charge on any atom is -0.394 e. The highest BCUT2D eigenvalue weighted by atomic mass is 35.5. The molecule has 1 rings (SSSR count). The Morgan fingerprint density at radius 1 is 1.47 bits per heavy atom. The van der Waals surface area contributed by atoms with Crippen molar-refractivity contribution in [2.24, 2.45) is 5.92 Å². The maximum Gasteiger partial charge on any atom is 0.254 e. The number of aliphatic hydroxyl groups excluding tert-OH is 1. The molecule has 0 aliphatic carbocycles. The molecule has 0 aromatic carbocycles. The maximum absolute atomic E-state index is 12.2. The van der Waals surface area contributed by atoms with Gasteiger partial charge >= 0.3 is 0 Å². The van der Waals surface area contributed by atoms with Crippen LogP contribution < -0.4 is 5.32 Å². The standard InChI is InChI=1S/C14H21ClN2O2/c1-8(2)5-11(7-18)17-14(19)12-9(3)6-10(4)16-13(12)15/h6,8,11,18H,5,7H2,1-4H3,(H,17,19). The Morgan fingerprint density at radius 2 is 2.11 bits per heavy atom. The number of aliphatic hydroxyl groups is 1. The number of aryl methyl sites for hydroxylation is 2. The van der Waals surface area contributed by atoms with Crippen LogP contribution in [0.25, 0.3) is 0 Å². The molecule has 4 nitrogen and oxygen atoms in total. The van der Waals surface area contributed by atoms with E-state index in [0.717, 1.165) is 17.7 Å². The molecule has 1 atom stereocenters. The molecule has 19 heavy (non-hydrogen) atoms. The second kappa shape index (κ2) is 6.87. The van der Waals surface area contributed by atoms with Gasteiger partial charge in [-0.2, -0.15) is 0 Å². The molecular weight excluding hydrogens is 264 g/mol. The van der Waals surface area contributed by atoms with E-state index in [2.05, 4.69) is 10.3 Å². The van der Waals surface area contributed by atoms with Crippen molar-refractivity contribution < 1.29 is 9.90 Å². The molecule has 0 aliphatic heterocycles. The van der Waals surface area contributed by atoms with Gasteiger partial charge in [0.15, 0.2) is 0 Å². The van der Waals surface area contributed by atoms with Crippen molar-refractivity contribution in [1.82, 2.24) is 10.3 Å². The van der Waals surface area contributed by atoms with Crippen molar-refractivity contribution in [3.05, 3.63) is 28.0 Å². The SMILES string of the molecule is Cc1cc(C)c(C(=O)NC(CO)CC(C)C)c(Cl)n1. The van der Waals surface area contributed by atoms with Crippen molar-refractivity contribution in [3.63, 3.8) is 0 Å². The Hall–Kier alpha value is -1.13. The molecule has 5 heteroatoms. The van der Waals surface area contributed by atoms with Crippen LogP contribution in [-0.4, -0.2) is 28.6 Å². The van der Waals surface area contributed by atoms with Crippen molar-refractivity contribution in [2.45, 2.75) is 40.2 Å². The number of halogens is 1. The van der Waals surface area contributed by atoms with Crippen molar-refractivity contribution in [2.75, 3.05) is 6.61 Å². The molecule has 1 amide bonds. The highest BCUT2D eigenvalue weighted by molar-refractivity contribution is 6.32. The molecule has 1 unspecified atom stereocenters. The van der Waals surface area contributed by atoms with Gasteiger partial charge in [-0.1, -0.05) is 25.4 Å². The van der Waals surface area contributed by atoms with E-state index in [1.165, 1.54) is 0 Å². The van der Waals surface area contributed by atoms with Crippen LogP contribution in [0.2, 0.25) is 5.15 Å². The number of nitrogens with one attached hydrogen (secondary N) is 1. The van der Waals surface area contributed by atoms with Gasteiger partial charge in [0.1, 0.15) is 5.15 Å². The average Bonchev–Trinajstić information content (AvgIpc) is 2.25. The summed E-state index contributed by atoms with van der Waals surface area (Å²) >= 11 is 6.03. The number of pyridine rings is 1. The van der Waals surface area contributed by atoms with Crippen LogP contribution >= 0.6 is 11.6 Å². The highest BCUT2D eigenvalue weighted by Gasteiger charge is 2.19. The Kier molecular flexibility index (Phi) is 5.76. The van der Waals surface area contributed by atoms with Gasteiger partial charge in [-0.05, 0) is 37.8 Å². The Morgan fingerprint density at radius 3 is 2.58 bits per heavy atom. The molecule has 0 aliphatic rings. The topological polar surface area (TPSA) is 62.2 Å². The van der Waals surface area contributed by atoms with Crippen molar-refractivity contribution in [3.8, 4) is 0 Å². The third-order valence-corrected chi connectivity index (χ3v) is 3.11. The number of aromatic nitrogens is 1. The van der Waals surface area contributed by atoms with Gasteiger partial charge < -0.3 is 10.4 Å². The molecule has 1 aromatic rings. The average molecular weight is 285 g/mol. The van der Waals surface area contributed by atoms with E-state index in [-0.39, 0.29) is 23.7 Å². The second-order valence-corrected chi connectivity index (χ2v) is 5.59. The monoisotopic (exact) mass is 284 g/mol. The van der Waals surface area contributed by atoms with Gasteiger partial charge in [-0.3, -0.25) is 4.79 Å². The smallest absolute Gasteiger partial charge is 0.254 e. The largest absolute Gasteiger partial charge is 0.394 e. The number of rotatable bonds is 5. The Labute approximate surface area is 119 Å². The van der Waals surface area contributed by atoms with Gasteiger partial charge in [-0.25, -0.2) is 4.98 Å². The third kappa shape index (κ3) is 4.48. The van der Waals surface area contributed by atoms with Crippen LogP contribution in [0.4, 0.5) is 0 Å². The minimum absolute atomic E-state index is 0.0835. The van der Waals surface area contributed by atoms with Crippen LogP contribution in [-0.2, 0) is 0 Å². The first-order valence-corrected chi connectivity index (χ1v) is 6.78. The Bertz CT molecular complexity index is 438. The summed E-state index contributed by atoms with van der Waals surface area (Å²) in [5, 5.41) is 12.3. The molecular formula is C14H21ClN2O2. The van der Waals surface area contributed by atoms with E-state index >= 15 is 0 Å². The molecule has 0 radical (unpaired) electrons. The van der Waals surface area contributed by atoms with Crippen LogP contribution in [0.15, 0.2) is 6.07 Å². The summed E-state index contributed by atoms with van der Waals surface area (Å²) in [6, 6.07) is 1.56. The fourth-order valence-corrected chi connectivity index (χ4v) is 2.44. The molecule has 1 aromatic heterocycles. The number of hydrogen-bond acceptors (Lipinski definition) is 3. The summed E-state index contributed by atoms with van der Waals surface area (Å²) in [5.74, 6) is 0.111. The fraction of sp³-hybridized carbons (Fsp3) is 0.571.